The van der Waals surface area contributed by atoms with Crippen LogP contribution in [-0.2, 0) is 0 Å². The molecule has 1 saturated heterocycles. The van der Waals surface area contributed by atoms with Crippen LogP contribution in [0, 0.1) is 5.92 Å². The normalized spacial score (nSPS) is 24.9. The molecule has 0 saturated carbocycles. The van der Waals surface area contributed by atoms with Gasteiger partial charge in [-0.1, -0.05) is 13.8 Å². The predicted molar refractivity (Wildman–Crippen MR) is 73.6 cm³/mol. The Morgan fingerprint density at radius 1 is 1.35 bits per heavy atom. The zero-order valence-electron chi connectivity index (χ0n) is 12.6. The number of halogens is 3. The number of hydrogen-bond donors (Lipinski definition) is 2. The Bertz CT molecular complexity index is 297. The molecule has 120 valence electrons. The van der Waals surface area contributed by atoms with Crippen molar-refractivity contribution in [1.82, 2.24) is 10.2 Å². The smallest absolute Gasteiger partial charge is 0.393 e. The monoisotopic (exact) mass is 296 g/mol. The molecule has 2 atom stereocenters. The van der Waals surface area contributed by atoms with Crippen molar-refractivity contribution < 1.29 is 18.3 Å². The van der Waals surface area contributed by atoms with Gasteiger partial charge in [-0.05, 0) is 39.3 Å². The van der Waals surface area contributed by atoms with Crippen molar-refractivity contribution in [3.63, 3.8) is 0 Å². The molecule has 3 nitrogen and oxygen atoms in total. The maximum Gasteiger partial charge on any atom is 0.393 e. The first-order valence-electron chi connectivity index (χ1n) is 7.34. The molecule has 0 amide bonds. The van der Waals surface area contributed by atoms with Gasteiger partial charge in [-0.2, -0.15) is 13.2 Å². The van der Waals surface area contributed by atoms with Gasteiger partial charge in [-0.15, -0.1) is 0 Å². The van der Waals surface area contributed by atoms with E-state index in [0.29, 0.717) is 19.4 Å². The highest BCUT2D eigenvalue weighted by atomic mass is 19.4. The van der Waals surface area contributed by atoms with E-state index >= 15 is 0 Å². The molecule has 20 heavy (non-hydrogen) atoms. The first-order chi connectivity index (χ1) is 9.16. The van der Waals surface area contributed by atoms with Gasteiger partial charge in [-0.25, -0.2) is 0 Å². The minimum Gasteiger partial charge on any atom is -0.394 e. The third kappa shape index (κ3) is 5.58. The van der Waals surface area contributed by atoms with Crippen LogP contribution in [0.3, 0.4) is 0 Å². The minimum absolute atomic E-state index is 0.0122. The van der Waals surface area contributed by atoms with Gasteiger partial charge in [-0.3, -0.25) is 0 Å². The van der Waals surface area contributed by atoms with Gasteiger partial charge in [0.05, 0.1) is 12.5 Å². The molecule has 0 aliphatic carbocycles. The van der Waals surface area contributed by atoms with Crippen molar-refractivity contribution in [2.45, 2.75) is 57.8 Å². The van der Waals surface area contributed by atoms with Crippen LogP contribution >= 0.6 is 0 Å². The summed E-state index contributed by atoms with van der Waals surface area (Å²) < 4.78 is 38.2. The first-order valence-corrected chi connectivity index (χ1v) is 7.34. The maximum atomic E-state index is 12.7. The summed E-state index contributed by atoms with van der Waals surface area (Å²) in [6.07, 6.45) is -2.61. The lowest BCUT2D eigenvalue weighted by molar-refractivity contribution is -0.186. The van der Waals surface area contributed by atoms with Gasteiger partial charge in [0, 0.05) is 18.1 Å². The van der Waals surface area contributed by atoms with E-state index in [0.717, 1.165) is 6.54 Å². The molecule has 0 bridgehead atoms. The van der Waals surface area contributed by atoms with Gasteiger partial charge in [0.25, 0.3) is 0 Å². The molecule has 1 rings (SSSR count). The lowest BCUT2D eigenvalue weighted by Gasteiger charge is -2.37. The Hall–Kier alpha value is -0.330. The van der Waals surface area contributed by atoms with E-state index in [9.17, 15) is 18.3 Å². The molecule has 2 N–H and O–H groups in total. The van der Waals surface area contributed by atoms with Crippen molar-refractivity contribution in [2.24, 2.45) is 5.92 Å². The number of alkyl halides is 3. The molecule has 6 heteroatoms. The van der Waals surface area contributed by atoms with Crippen LogP contribution in [0.5, 0.6) is 0 Å². The summed E-state index contributed by atoms with van der Waals surface area (Å²) in [5.74, 6) is -1.20. The van der Waals surface area contributed by atoms with E-state index in [2.05, 4.69) is 5.32 Å². The van der Waals surface area contributed by atoms with Gasteiger partial charge >= 0.3 is 6.18 Å². The number of nitrogens with zero attached hydrogens (tertiary/aromatic N) is 1. The van der Waals surface area contributed by atoms with E-state index in [-0.39, 0.29) is 25.6 Å². The summed E-state index contributed by atoms with van der Waals surface area (Å²) in [6, 6.07) is 0.233. The van der Waals surface area contributed by atoms with Crippen molar-refractivity contribution in [3.8, 4) is 0 Å². The molecule has 2 unspecified atom stereocenters. The zero-order valence-corrected chi connectivity index (χ0v) is 12.6. The standard InChI is InChI=1S/C14H27F3N2O/c1-11(2)18-13(3,10-20)6-8-19-7-4-5-12(9-19)14(15,16)17/h11-12,18,20H,4-10H2,1-3H3. The van der Waals surface area contributed by atoms with Crippen molar-refractivity contribution in [2.75, 3.05) is 26.2 Å². The minimum atomic E-state index is -4.09. The highest BCUT2D eigenvalue weighted by molar-refractivity contribution is 4.86. The summed E-state index contributed by atoms with van der Waals surface area (Å²) in [7, 11) is 0. The molecule has 1 fully saturated rings. The van der Waals surface area contributed by atoms with Crippen LogP contribution in [0.2, 0.25) is 0 Å². The second-order valence-corrected chi connectivity index (χ2v) is 6.45. The number of nitrogens with one attached hydrogen (secondary N) is 1. The molecule has 0 aromatic carbocycles. The highest BCUT2D eigenvalue weighted by Crippen LogP contribution is 2.33. The fraction of sp³-hybridized carbons (Fsp3) is 1.00. The molecule has 0 spiro atoms. The van der Waals surface area contributed by atoms with Crippen LogP contribution in [0.25, 0.3) is 0 Å². The summed E-state index contributed by atoms with van der Waals surface area (Å²) in [6.45, 7) is 7.29. The van der Waals surface area contributed by atoms with Gasteiger partial charge in [0.1, 0.15) is 0 Å². The summed E-state index contributed by atoms with van der Waals surface area (Å²) in [5.41, 5.74) is -0.431. The van der Waals surface area contributed by atoms with Gasteiger partial charge in [0.15, 0.2) is 0 Å². The average molecular weight is 296 g/mol. The summed E-state index contributed by atoms with van der Waals surface area (Å²) in [5, 5.41) is 12.8. The van der Waals surface area contributed by atoms with Crippen LogP contribution in [0.15, 0.2) is 0 Å². The largest absolute Gasteiger partial charge is 0.394 e. The third-order valence-electron chi connectivity index (χ3n) is 3.93. The fourth-order valence-corrected chi connectivity index (χ4v) is 2.82. The summed E-state index contributed by atoms with van der Waals surface area (Å²) in [4.78, 5) is 1.87. The zero-order chi connectivity index (χ0) is 15.4. The lowest BCUT2D eigenvalue weighted by Crippen LogP contribution is -2.52. The Morgan fingerprint density at radius 3 is 2.50 bits per heavy atom. The van der Waals surface area contributed by atoms with E-state index in [1.54, 1.807) is 0 Å². The van der Waals surface area contributed by atoms with Crippen LogP contribution in [0.1, 0.15) is 40.0 Å². The first kappa shape index (κ1) is 17.7. The molecule has 0 aromatic rings. The molecule has 1 heterocycles. The molecule has 0 aromatic heterocycles. The van der Waals surface area contributed by atoms with E-state index < -0.39 is 17.6 Å². The Labute approximate surface area is 119 Å². The Balaban J connectivity index is 2.48. The van der Waals surface area contributed by atoms with Crippen LogP contribution < -0.4 is 5.32 Å². The van der Waals surface area contributed by atoms with E-state index in [1.807, 2.05) is 25.7 Å². The number of aliphatic hydroxyl groups excluding tert-OH is 1. The Kier molecular flexibility index (Phi) is 6.28. The van der Waals surface area contributed by atoms with Gasteiger partial charge in [0.2, 0.25) is 0 Å². The summed E-state index contributed by atoms with van der Waals surface area (Å²) >= 11 is 0. The van der Waals surface area contributed by atoms with Crippen molar-refractivity contribution in [3.05, 3.63) is 0 Å². The predicted octanol–water partition coefficient (Wildman–Crippen LogP) is 2.40. The average Bonchev–Trinajstić information content (AvgIpc) is 2.35. The van der Waals surface area contributed by atoms with Crippen molar-refractivity contribution >= 4 is 0 Å². The quantitative estimate of drug-likeness (QED) is 0.790. The number of piperidine rings is 1. The van der Waals surface area contributed by atoms with E-state index in [1.165, 1.54) is 0 Å². The topological polar surface area (TPSA) is 35.5 Å². The van der Waals surface area contributed by atoms with Crippen LogP contribution in [0.4, 0.5) is 13.2 Å². The molecular weight excluding hydrogens is 269 g/mol. The fourth-order valence-electron chi connectivity index (χ4n) is 2.82. The Morgan fingerprint density at radius 2 is 2.00 bits per heavy atom. The van der Waals surface area contributed by atoms with E-state index in [4.69, 9.17) is 0 Å². The maximum absolute atomic E-state index is 12.7. The molecule has 0 radical (unpaired) electrons. The lowest BCUT2D eigenvalue weighted by atomic mass is 9.94. The number of aliphatic hydroxyl groups is 1. The highest BCUT2D eigenvalue weighted by Gasteiger charge is 2.41. The number of likely N-dealkylation sites (tertiary alicyclic amines) is 1. The number of rotatable bonds is 6. The molecule has 1 aliphatic rings. The molecular formula is C14H27F3N2O. The second kappa shape index (κ2) is 7.09. The SMILES string of the molecule is CC(C)NC(C)(CO)CCN1CCCC(C(F)(F)F)C1. The van der Waals surface area contributed by atoms with Crippen LogP contribution in [-0.4, -0.2) is 54.0 Å². The number of hydrogen-bond acceptors (Lipinski definition) is 3. The second-order valence-electron chi connectivity index (χ2n) is 6.45. The van der Waals surface area contributed by atoms with Crippen molar-refractivity contribution in [1.29, 1.82) is 0 Å². The van der Waals surface area contributed by atoms with Gasteiger partial charge < -0.3 is 15.3 Å². The molecule has 1 aliphatic heterocycles. The third-order valence-corrected chi connectivity index (χ3v) is 3.93.